The predicted molar refractivity (Wildman–Crippen MR) is 181 cm³/mol. The third-order valence-corrected chi connectivity index (χ3v) is 8.51. The Morgan fingerprint density at radius 2 is 1.81 bits per heavy atom. The lowest BCUT2D eigenvalue weighted by Gasteiger charge is -2.33. The molecule has 1 fully saturated rings. The van der Waals surface area contributed by atoms with Crippen molar-refractivity contribution in [2.45, 2.75) is 25.4 Å². The van der Waals surface area contributed by atoms with Gasteiger partial charge in [0.2, 0.25) is 0 Å². The van der Waals surface area contributed by atoms with Crippen LogP contribution in [0.1, 0.15) is 39.1 Å². The van der Waals surface area contributed by atoms with Gasteiger partial charge in [0.05, 0.1) is 16.8 Å². The van der Waals surface area contributed by atoms with Crippen LogP contribution in [0.4, 0.5) is 5.82 Å². The highest BCUT2D eigenvalue weighted by molar-refractivity contribution is 5.96. The molecule has 0 aliphatic carbocycles. The quantitative estimate of drug-likeness (QED) is 0.185. The van der Waals surface area contributed by atoms with Gasteiger partial charge in [0.15, 0.2) is 17.8 Å². The summed E-state index contributed by atoms with van der Waals surface area (Å²) in [4.78, 5) is 40.7. The van der Waals surface area contributed by atoms with Crippen LogP contribution >= 0.6 is 0 Å². The molecule has 0 saturated carbocycles. The van der Waals surface area contributed by atoms with Crippen LogP contribution in [-0.4, -0.2) is 60.9 Å². The molecule has 234 valence electrons. The third-order valence-electron chi connectivity index (χ3n) is 8.51. The van der Waals surface area contributed by atoms with Gasteiger partial charge in [-0.2, -0.15) is 0 Å². The SMILES string of the molecule is Nc1ncccc1-c1nc2ccc(-c3ccccc3)nc2n1-c1ccc(CN2CCCC(NC(=O)c3ccc(O)c(C=O)c3)C2)cc1. The van der Waals surface area contributed by atoms with Crippen molar-refractivity contribution in [2.24, 2.45) is 0 Å². The van der Waals surface area contributed by atoms with Gasteiger partial charge in [-0.3, -0.25) is 19.1 Å². The third kappa shape index (κ3) is 6.18. The maximum Gasteiger partial charge on any atom is 0.251 e. The number of hydrogen-bond donors (Lipinski definition) is 3. The largest absolute Gasteiger partial charge is 0.507 e. The Morgan fingerprint density at radius 3 is 2.60 bits per heavy atom. The first-order chi connectivity index (χ1) is 23.0. The van der Waals surface area contributed by atoms with Crippen molar-refractivity contribution in [3.8, 4) is 34.1 Å². The molecule has 0 bridgehead atoms. The number of hydrogen-bond acceptors (Lipinski definition) is 8. The smallest absolute Gasteiger partial charge is 0.251 e. The van der Waals surface area contributed by atoms with E-state index in [0.29, 0.717) is 30.0 Å². The first kappa shape index (κ1) is 29.8. The van der Waals surface area contributed by atoms with E-state index in [0.717, 1.165) is 65.2 Å². The molecule has 0 spiro atoms. The van der Waals surface area contributed by atoms with Crippen LogP contribution in [0.15, 0.2) is 103 Å². The minimum Gasteiger partial charge on any atom is -0.507 e. The van der Waals surface area contributed by atoms with Gasteiger partial charge < -0.3 is 16.2 Å². The maximum absolute atomic E-state index is 12.9. The van der Waals surface area contributed by atoms with Gasteiger partial charge in [-0.25, -0.2) is 15.0 Å². The highest BCUT2D eigenvalue weighted by atomic mass is 16.3. The lowest BCUT2D eigenvalue weighted by Crippen LogP contribution is -2.47. The zero-order valence-electron chi connectivity index (χ0n) is 25.6. The molecule has 6 aromatic rings. The molecule has 7 rings (SSSR count). The maximum atomic E-state index is 12.9. The second kappa shape index (κ2) is 12.9. The number of phenolic OH excluding ortho intramolecular Hbond substituents is 1. The fourth-order valence-electron chi connectivity index (χ4n) is 6.14. The van der Waals surface area contributed by atoms with Crippen LogP contribution in [0.2, 0.25) is 0 Å². The highest BCUT2D eigenvalue weighted by Crippen LogP contribution is 2.32. The van der Waals surface area contributed by atoms with Crippen molar-refractivity contribution in [1.29, 1.82) is 0 Å². The Hall–Kier alpha value is -5.87. The summed E-state index contributed by atoms with van der Waals surface area (Å²) in [6.07, 6.45) is 4.03. The first-order valence-electron chi connectivity index (χ1n) is 15.5. The molecule has 1 aliphatic heterocycles. The molecule has 3 aromatic carbocycles. The summed E-state index contributed by atoms with van der Waals surface area (Å²) in [7, 11) is 0. The predicted octanol–water partition coefficient (Wildman–Crippen LogP) is 5.64. The average molecular weight is 624 g/mol. The van der Waals surface area contributed by atoms with Crippen molar-refractivity contribution >= 4 is 29.2 Å². The number of pyridine rings is 2. The molecule has 10 heteroatoms. The fourth-order valence-corrected chi connectivity index (χ4v) is 6.14. The second-order valence-corrected chi connectivity index (χ2v) is 11.7. The van der Waals surface area contributed by atoms with Crippen LogP contribution in [0.25, 0.3) is 39.5 Å². The van der Waals surface area contributed by atoms with Gasteiger partial charge in [0.1, 0.15) is 17.1 Å². The molecule has 3 aromatic heterocycles. The number of piperidine rings is 1. The summed E-state index contributed by atoms with van der Waals surface area (Å²) < 4.78 is 2.03. The summed E-state index contributed by atoms with van der Waals surface area (Å²) in [5, 5.41) is 12.9. The number of aromatic nitrogens is 4. The van der Waals surface area contributed by atoms with E-state index in [1.165, 1.54) is 18.2 Å². The van der Waals surface area contributed by atoms with Crippen LogP contribution in [0.5, 0.6) is 5.75 Å². The number of carbonyl (C=O) groups is 2. The molecule has 1 amide bonds. The van der Waals surface area contributed by atoms with E-state index in [4.69, 9.17) is 15.7 Å². The Labute approximate surface area is 271 Å². The summed E-state index contributed by atoms with van der Waals surface area (Å²) >= 11 is 0. The first-order valence-corrected chi connectivity index (χ1v) is 15.5. The van der Waals surface area contributed by atoms with E-state index >= 15 is 0 Å². The summed E-state index contributed by atoms with van der Waals surface area (Å²) in [6, 6.07) is 30.4. The van der Waals surface area contributed by atoms with E-state index in [-0.39, 0.29) is 23.3 Å². The Morgan fingerprint density at radius 1 is 0.979 bits per heavy atom. The summed E-state index contributed by atoms with van der Waals surface area (Å²) in [5.74, 6) is 0.661. The standard InChI is InChI=1S/C37H33N7O3/c38-34-30(9-4-18-39-34)35-42-32-16-15-31(25-6-2-1-3-7-25)41-36(32)44(35)29-13-10-24(11-14-29)21-43-19-5-8-28(22-43)40-37(47)26-12-17-33(46)27(20-26)23-45/h1-4,6-7,9-18,20,23,28,46H,5,8,19,21-22H2,(H2,38,39)(H,40,47). The number of phenols is 1. The number of rotatable bonds is 8. The van der Waals surface area contributed by atoms with E-state index in [2.05, 4.69) is 39.5 Å². The average Bonchev–Trinajstić information content (AvgIpc) is 3.48. The van der Waals surface area contributed by atoms with Crippen molar-refractivity contribution in [3.63, 3.8) is 0 Å². The number of anilines is 1. The number of fused-ring (bicyclic) bond motifs is 1. The number of benzene rings is 3. The number of imidazole rings is 1. The van der Waals surface area contributed by atoms with Gasteiger partial charge in [0, 0.05) is 42.1 Å². The molecule has 47 heavy (non-hydrogen) atoms. The normalized spacial score (nSPS) is 15.0. The van der Waals surface area contributed by atoms with Crippen LogP contribution in [-0.2, 0) is 6.54 Å². The number of carbonyl (C=O) groups excluding carboxylic acids is 2. The Kier molecular flexibility index (Phi) is 8.16. The van der Waals surface area contributed by atoms with Crippen LogP contribution in [0.3, 0.4) is 0 Å². The molecular formula is C37H33N7O3. The van der Waals surface area contributed by atoms with E-state index in [1.807, 2.05) is 59.2 Å². The lowest BCUT2D eigenvalue weighted by molar-refractivity contribution is 0.0900. The fraction of sp³-hybridized carbons (Fsp3) is 0.162. The van der Waals surface area contributed by atoms with Gasteiger partial charge in [-0.1, -0.05) is 42.5 Å². The number of nitrogens with zero attached hydrogens (tertiary/aromatic N) is 5. The van der Waals surface area contributed by atoms with Crippen LogP contribution < -0.4 is 11.1 Å². The minimum absolute atomic E-state index is 0.0290. The van der Waals surface area contributed by atoms with Crippen molar-refractivity contribution < 1.29 is 14.7 Å². The molecule has 10 nitrogen and oxygen atoms in total. The van der Waals surface area contributed by atoms with Gasteiger partial charge in [-0.15, -0.1) is 0 Å². The molecule has 4 N–H and O–H groups in total. The van der Waals surface area contributed by atoms with Crippen molar-refractivity contribution in [3.05, 3.63) is 120 Å². The Balaban J connectivity index is 1.13. The molecule has 1 atom stereocenters. The van der Waals surface area contributed by atoms with Crippen molar-refractivity contribution in [2.75, 3.05) is 18.8 Å². The lowest BCUT2D eigenvalue weighted by atomic mass is 10.0. The van der Waals surface area contributed by atoms with Gasteiger partial charge in [-0.05, 0) is 79.5 Å². The van der Waals surface area contributed by atoms with Crippen LogP contribution in [0, 0.1) is 0 Å². The topological polar surface area (TPSA) is 139 Å². The van der Waals surface area contributed by atoms with Crippen molar-refractivity contribution in [1.82, 2.24) is 29.7 Å². The van der Waals surface area contributed by atoms with E-state index in [9.17, 15) is 14.7 Å². The minimum atomic E-state index is -0.258. The number of amides is 1. The van der Waals surface area contributed by atoms with E-state index in [1.54, 1.807) is 6.20 Å². The molecule has 4 heterocycles. The highest BCUT2D eigenvalue weighted by Gasteiger charge is 2.23. The number of nitrogens with two attached hydrogens (primary N) is 1. The second-order valence-electron chi connectivity index (χ2n) is 11.7. The summed E-state index contributed by atoms with van der Waals surface area (Å²) in [6.45, 7) is 2.35. The molecule has 1 aliphatic rings. The number of nitrogens with one attached hydrogen (secondary N) is 1. The number of nitrogen functional groups attached to an aromatic ring is 1. The molecule has 1 unspecified atom stereocenters. The number of likely N-dealkylation sites (tertiary alicyclic amines) is 1. The molecular weight excluding hydrogens is 590 g/mol. The molecule has 1 saturated heterocycles. The molecule has 0 radical (unpaired) electrons. The van der Waals surface area contributed by atoms with E-state index < -0.39 is 0 Å². The Bertz CT molecular complexity index is 2080. The zero-order valence-corrected chi connectivity index (χ0v) is 25.6. The van der Waals surface area contributed by atoms with Gasteiger partial charge in [0.25, 0.3) is 5.91 Å². The number of aromatic hydroxyl groups is 1. The summed E-state index contributed by atoms with van der Waals surface area (Å²) in [5.41, 5.74) is 12.9. The zero-order chi connectivity index (χ0) is 32.3. The van der Waals surface area contributed by atoms with Gasteiger partial charge >= 0.3 is 0 Å². The monoisotopic (exact) mass is 623 g/mol. The number of aldehydes is 1.